The lowest BCUT2D eigenvalue weighted by atomic mass is 11.1. The molecule has 0 aliphatic carbocycles. The Morgan fingerprint density at radius 2 is 1.90 bits per heavy atom. The first-order chi connectivity index (χ1) is 4.68. The van der Waals surface area contributed by atoms with Crippen molar-refractivity contribution in [2.75, 3.05) is 27.1 Å². The zero-order chi connectivity index (χ0) is 8.04. The van der Waals surface area contributed by atoms with E-state index >= 15 is 0 Å². The van der Waals surface area contributed by atoms with Crippen LogP contribution < -0.4 is 11.1 Å². The molecular formula is C5H16N2O2Si. The number of nitrogens with one attached hydrogen (secondary N) is 1. The van der Waals surface area contributed by atoms with Crippen molar-refractivity contribution in [3.05, 3.63) is 0 Å². The summed E-state index contributed by atoms with van der Waals surface area (Å²) in [5.41, 5.74) is 5.25. The van der Waals surface area contributed by atoms with Crippen molar-refractivity contribution in [2.24, 2.45) is 5.73 Å². The van der Waals surface area contributed by atoms with E-state index in [4.69, 9.17) is 14.6 Å². The smallest absolute Gasteiger partial charge is 0.348 e. The highest BCUT2D eigenvalue weighted by Crippen LogP contribution is 2.00. The molecule has 0 aliphatic rings. The summed E-state index contributed by atoms with van der Waals surface area (Å²) in [4.78, 5) is 0. The minimum atomic E-state index is -1.91. The highest BCUT2D eigenvalue weighted by atomic mass is 28.4. The molecule has 3 N–H and O–H groups in total. The molecule has 0 aliphatic heterocycles. The topological polar surface area (TPSA) is 56.5 Å². The van der Waals surface area contributed by atoms with Crippen molar-refractivity contribution < 1.29 is 8.85 Å². The Hall–Kier alpha value is 0.0569. The first-order valence-electron chi connectivity index (χ1n) is 3.19. The van der Waals surface area contributed by atoms with Gasteiger partial charge in [-0.3, -0.25) is 0 Å². The van der Waals surface area contributed by atoms with Crippen molar-refractivity contribution in [3.8, 4) is 0 Å². The van der Waals surface area contributed by atoms with Gasteiger partial charge in [0.1, 0.15) is 0 Å². The molecule has 0 aromatic rings. The minimum Gasteiger partial charge on any atom is -0.397 e. The zero-order valence-corrected chi connectivity index (χ0v) is 7.81. The minimum absolute atomic E-state index is 0.468. The first-order valence-corrected chi connectivity index (χ1v) is 5.72. The van der Waals surface area contributed by atoms with E-state index in [1.807, 2.05) is 6.55 Å². The van der Waals surface area contributed by atoms with Crippen LogP contribution in [-0.2, 0) is 8.85 Å². The van der Waals surface area contributed by atoms with Crippen LogP contribution in [0.4, 0.5) is 0 Å². The molecule has 0 saturated heterocycles. The highest BCUT2D eigenvalue weighted by molar-refractivity contribution is 6.66. The zero-order valence-electron chi connectivity index (χ0n) is 6.81. The molecule has 0 spiro atoms. The highest BCUT2D eigenvalue weighted by Gasteiger charge is 2.27. The first kappa shape index (κ1) is 10.1. The number of nitrogens with two attached hydrogens (primary N) is 1. The molecule has 0 unspecified atom stereocenters. The lowest BCUT2D eigenvalue weighted by Crippen LogP contribution is -2.48. The quantitative estimate of drug-likeness (QED) is 0.421. The van der Waals surface area contributed by atoms with Crippen molar-refractivity contribution >= 4 is 8.56 Å². The average Bonchev–Trinajstić information content (AvgIpc) is 2.00. The van der Waals surface area contributed by atoms with Crippen molar-refractivity contribution in [1.29, 1.82) is 0 Å². The fourth-order valence-corrected chi connectivity index (χ4v) is 1.58. The summed E-state index contributed by atoms with van der Waals surface area (Å²) < 4.78 is 10.4. The predicted octanol–water partition coefficient (Wildman–Crippen LogP) is -0.604. The van der Waals surface area contributed by atoms with Gasteiger partial charge in [0.2, 0.25) is 0 Å². The van der Waals surface area contributed by atoms with E-state index in [1.54, 1.807) is 14.2 Å². The lowest BCUT2D eigenvalue weighted by molar-refractivity contribution is 0.247. The molecule has 0 amide bonds. The lowest BCUT2D eigenvalue weighted by Gasteiger charge is -2.22. The van der Waals surface area contributed by atoms with E-state index in [1.165, 1.54) is 0 Å². The van der Waals surface area contributed by atoms with E-state index in [-0.39, 0.29) is 0 Å². The van der Waals surface area contributed by atoms with Crippen molar-refractivity contribution in [2.45, 2.75) is 6.55 Å². The molecule has 0 fully saturated rings. The summed E-state index contributed by atoms with van der Waals surface area (Å²) >= 11 is 0. The molecule has 0 radical (unpaired) electrons. The van der Waals surface area contributed by atoms with E-state index in [2.05, 4.69) is 5.32 Å². The van der Waals surface area contributed by atoms with Crippen LogP contribution in [0, 0.1) is 0 Å². The van der Waals surface area contributed by atoms with Gasteiger partial charge in [0, 0.05) is 27.1 Å². The molecule has 4 nitrogen and oxygen atoms in total. The fourth-order valence-electron chi connectivity index (χ4n) is 0.527. The molecule has 0 atom stereocenters. The van der Waals surface area contributed by atoms with Crippen LogP contribution in [0.2, 0.25) is 6.55 Å². The normalized spacial score (nSPS) is 12.0. The van der Waals surface area contributed by atoms with Crippen LogP contribution >= 0.6 is 0 Å². The maximum Gasteiger partial charge on any atom is 0.348 e. The fraction of sp³-hybridized carbons (Fsp3) is 1.00. The molecule has 0 rings (SSSR count). The van der Waals surface area contributed by atoms with Crippen molar-refractivity contribution in [1.82, 2.24) is 5.32 Å². The molecule has 0 bridgehead atoms. The van der Waals surface area contributed by atoms with Gasteiger partial charge < -0.3 is 19.9 Å². The summed E-state index contributed by atoms with van der Waals surface area (Å²) in [7, 11) is 1.41. The third-order valence-electron chi connectivity index (χ3n) is 1.45. The molecule has 0 aromatic heterocycles. The van der Waals surface area contributed by atoms with E-state index in [0.29, 0.717) is 6.67 Å². The molecule has 0 saturated carbocycles. The maximum absolute atomic E-state index is 5.25. The maximum atomic E-state index is 5.25. The molecule has 0 heterocycles. The van der Waals surface area contributed by atoms with E-state index in [0.717, 1.165) is 6.17 Å². The SMILES string of the molecule is CO[Si](C)(CNCN)OC. The van der Waals surface area contributed by atoms with Gasteiger partial charge in [0.25, 0.3) is 0 Å². The van der Waals surface area contributed by atoms with Crippen LogP contribution in [0.5, 0.6) is 0 Å². The summed E-state index contributed by atoms with van der Waals surface area (Å²) in [6.45, 7) is 2.45. The van der Waals surface area contributed by atoms with E-state index in [9.17, 15) is 0 Å². The van der Waals surface area contributed by atoms with E-state index < -0.39 is 8.56 Å². The predicted molar refractivity (Wildman–Crippen MR) is 42.7 cm³/mol. The summed E-state index contributed by atoms with van der Waals surface area (Å²) in [6, 6.07) is 0. The average molecular weight is 164 g/mol. The Morgan fingerprint density at radius 1 is 1.40 bits per heavy atom. The van der Waals surface area contributed by atoms with Gasteiger partial charge in [0.05, 0.1) is 0 Å². The summed E-state index contributed by atoms with van der Waals surface area (Å²) in [6.07, 6.45) is 0.733. The van der Waals surface area contributed by atoms with Gasteiger partial charge in [-0.1, -0.05) is 0 Å². The van der Waals surface area contributed by atoms with Gasteiger partial charge in [-0.25, -0.2) is 0 Å². The Bertz CT molecular complexity index is 87.7. The molecule has 62 valence electrons. The van der Waals surface area contributed by atoms with Gasteiger partial charge in [-0.15, -0.1) is 0 Å². The van der Waals surface area contributed by atoms with Gasteiger partial charge >= 0.3 is 8.56 Å². The third kappa shape index (κ3) is 3.28. The standard InChI is InChI=1S/C5H16N2O2Si/c1-8-10(3,9-2)5-7-4-6/h7H,4-6H2,1-3H3. The Morgan fingerprint density at radius 3 is 2.20 bits per heavy atom. The Kier molecular flexibility index (Phi) is 4.84. The van der Waals surface area contributed by atoms with Crippen LogP contribution in [-0.4, -0.2) is 35.6 Å². The number of rotatable bonds is 5. The van der Waals surface area contributed by atoms with Crippen LogP contribution in [0.25, 0.3) is 0 Å². The Labute approximate surface area is 62.9 Å². The summed E-state index contributed by atoms with van der Waals surface area (Å²) in [5, 5.41) is 2.98. The largest absolute Gasteiger partial charge is 0.397 e. The second kappa shape index (κ2) is 4.81. The second-order valence-corrected chi connectivity index (χ2v) is 5.61. The van der Waals surface area contributed by atoms with Gasteiger partial charge in [0.15, 0.2) is 0 Å². The van der Waals surface area contributed by atoms with Gasteiger partial charge in [-0.05, 0) is 6.55 Å². The van der Waals surface area contributed by atoms with Crippen LogP contribution in [0.3, 0.4) is 0 Å². The number of hydrogen-bond acceptors (Lipinski definition) is 4. The van der Waals surface area contributed by atoms with Crippen LogP contribution in [0.1, 0.15) is 0 Å². The third-order valence-corrected chi connectivity index (χ3v) is 4.07. The summed E-state index contributed by atoms with van der Waals surface area (Å²) in [5.74, 6) is 0. The Balaban J connectivity index is 3.58. The second-order valence-electron chi connectivity index (χ2n) is 2.17. The van der Waals surface area contributed by atoms with Gasteiger partial charge in [-0.2, -0.15) is 0 Å². The van der Waals surface area contributed by atoms with Crippen LogP contribution in [0.15, 0.2) is 0 Å². The number of hydrogen-bond donors (Lipinski definition) is 2. The molecule has 5 heteroatoms. The molecule has 10 heavy (non-hydrogen) atoms. The molecule has 0 aromatic carbocycles. The van der Waals surface area contributed by atoms with Crippen molar-refractivity contribution in [3.63, 3.8) is 0 Å². The molecular weight excluding hydrogens is 148 g/mol. The monoisotopic (exact) mass is 164 g/mol.